The lowest BCUT2D eigenvalue weighted by Crippen LogP contribution is -2.12. The average Bonchev–Trinajstić information content (AvgIpc) is 3.15. The molecule has 2 aromatic carbocycles. The maximum absolute atomic E-state index is 9.99. The Morgan fingerprint density at radius 2 is 1.76 bits per heavy atom. The van der Waals surface area contributed by atoms with Crippen molar-refractivity contribution < 1.29 is 9.52 Å². The topological polar surface area (TPSA) is 83.2 Å². The van der Waals surface area contributed by atoms with Gasteiger partial charge in [0.2, 0.25) is 0 Å². The molecule has 0 aliphatic heterocycles. The quantitative estimate of drug-likeness (QED) is 0.602. The summed E-state index contributed by atoms with van der Waals surface area (Å²) in [6.45, 7) is 1.78. The van der Waals surface area contributed by atoms with Gasteiger partial charge < -0.3 is 15.3 Å². The number of phenols is 1. The van der Waals surface area contributed by atoms with Crippen LogP contribution in [0.15, 0.2) is 82.6 Å². The molecular formula is C21H20N2O2. The number of furan rings is 1. The van der Waals surface area contributed by atoms with Gasteiger partial charge in [0, 0.05) is 23.3 Å². The van der Waals surface area contributed by atoms with Gasteiger partial charge in [0.05, 0.1) is 12.0 Å². The Labute approximate surface area is 146 Å². The van der Waals surface area contributed by atoms with Crippen molar-refractivity contribution in [2.45, 2.75) is 13.3 Å². The zero-order valence-electron chi connectivity index (χ0n) is 14.0. The fourth-order valence-electron chi connectivity index (χ4n) is 2.69. The number of aromatic hydroxyl groups is 1. The number of para-hydroxylation sites is 1. The van der Waals surface area contributed by atoms with Crippen molar-refractivity contribution in [1.82, 2.24) is 0 Å². The summed E-state index contributed by atoms with van der Waals surface area (Å²) in [5.41, 5.74) is 10.1. The molecule has 0 saturated heterocycles. The van der Waals surface area contributed by atoms with E-state index >= 15 is 0 Å². The molecule has 3 rings (SSSR count). The number of benzene rings is 2. The predicted molar refractivity (Wildman–Crippen MR) is 99.7 cm³/mol. The minimum atomic E-state index is 0.210. The molecule has 0 bridgehead atoms. The third-order valence-corrected chi connectivity index (χ3v) is 4.12. The molecule has 1 aromatic heterocycles. The summed E-state index contributed by atoms with van der Waals surface area (Å²) in [6.07, 6.45) is 2.05. The van der Waals surface area contributed by atoms with Crippen LogP contribution < -0.4 is 5.73 Å². The van der Waals surface area contributed by atoms with E-state index in [4.69, 9.17) is 15.6 Å². The van der Waals surface area contributed by atoms with E-state index < -0.39 is 0 Å². The van der Waals surface area contributed by atoms with Crippen LogP contribution in [0.2, 0.25) is 0 Å². The van der Waals surface area contributed by atoms with Crippen molar-refractivity contribution in [3.8, 4) is 17.1 Å². The van der Waals surface area contributed by atoms with Gasteiger partial charge in [0.25, 0.3) is 0 Å². The standard InChI is InChI=1S/C21H20N2O2/c1-14(22)18(13-17-5-2-3-6-19(17)24)21(23)16-10-8-15(9-11-16)20-7-4-12-25-20/h2-12,23-24H,13,22H2,1H3. The third-order valence-electron chi connectivity index (χ3n) is 4.12. The number of nitrogens with two attached hydrogens (primary N) is 1. The van der Waals surface area contributed by atoms with Gasteiger partial charge in [-0.25, -0.2) is 0 Å². The van der Waals surface area contributed by atoms with Crippen LogP contribution in [0.4, 0.5) is 0 Å². The fraction of sp³-hybridized carbons (Fsp3) is 0.0952. The van der Waals surface area contributed by atoms with Gasteiger partial charge in [0.15, 0.2) is 0 Å². The Morgan fingerprint density at radius 1 is 1.04 bits per heavy atom. The van der Waals surface area contributed by atoms with Crippen LogP contribution in [-0.2, 0) is 6.42 Å². The lowest BCUT2D eigenvalue weighted by Gasteiger charge is -2.13. The Morgan fingerprint density at radius 3 is 2.36 bits per heavy atom. The van der Waals surface area contributed by atoms with Crippen LogP contribution in [0.25, 0.3) is 11.3 Å². The summed E-state index contributed by atoms with van der Waals surface area (Å²) >= 11 is 0. The van der Waals surface area contributed by atoms with Crippen LogP contribution in [0.5, 0.6) is 5.75 Å². The van der Waals surface area contributed by atoms with Gasteiger partial charge in [-0.15, -0.1) is 0 Å². The van der Waals surface area contributed by atoms with E-state index in [-0.39, 0.29) is 5.75 Å². The second kappa shape index (κ2) is 7.09. The highest BCUT2D eigenvalue weighted by atomic mass is 16.3. The van der Waals surface area contributed by atoms with Crippen molar-refractivity contribution in [3.05, 3.63) is 89.3 Å². The molecule has 126 valence electrons. The first kappa shape index (κ1) is 16.6. The van der Waals surface area contributed by atoms with Crippen LogP contribution >= 0.6 is 0 Å². The monoisotopic (exact) mass is 332 g/mol. The van der Waals surface area contributed by atoms with E-state index in [1.54, 1.807) is 25.3 Å². The largest absolute Gasteiger partial charge is 0.508 e. The van der Waals surface area contributed by atoms with Crippen molar-refractivity contribution in [2.24, 2.45) is 5.73 Å². The molecule has 4 N–H and O–H groups in total. The van der Waals surface area contributed by atoms with Gasteiger partial charge in [-0.1, -0.05) is 42.5 Å². The highest BCUT2D eigenvalue weighted by Crippen LogP contribution is 2.24. The zero-order valence-corrected chi connectivity index (χ0v) is 14.0. The number of nitrogens with one attached hydrogen (secondary N) is 1. The summed E-state index contributed by atoms with van der Waals surface area (Å²) in [5, 5.41) is 18.5. The van der Waals surface area contributed by atoms with E-state index in [1.165, 1.54) is 0 Å². The maximum Gasteiger partial charge on any atom is 0.133 e. The highest BCUT2D eigenvalue weighted by molar-refractivity contribution is 6.11. The molecular weight excluding hydrogens is 312 g/mol. The molecule has 0 atom stereocenters. The lowest BCUT2D eigenvalue weighted by atomic mass is 9.94. The van der Waals surface area contributed by atoms with Crippen LogP contribution in [0.1, 0.15) is 18.1 Å². The van der Waals surface area contributed by atoms with Crippen molar-refractivity contribution in [2.75, 3.05) is 0 Å². The number of allylic oxidation sites excluding steroid dienone is 2. The second-order valence-electron chi connectivity index (χ2n) is 5.90. The highest BCUT2D eigenvalue weighted by Gasteiger charge is 2.14. The molecule has 0 spiro atoms. The third kappa shape index (κ3) is 3.63. The fourth-order valence-corrected chi connectivity index (χ4v) is 2.69. The Kier molecular flexibility index (Phi) is 4.70. The Hall–Kier alpha value is -3.27. The first-order valence-corrected chi connectivity index (χ1v) is 8.01. The van der Waals surface area contributed by atoms with Crippen molar-refractivity contribution >= 4 is 5.71 Å². The first-order chi connectivity index (χ1) is 12.1. The van der Waals surface area contributed by atoms with E-state index in [0.717, 1.165) is 22.5 Å². The van der Waals surface area contributed by atoms with Crippen LogP contribution in [0, 0.1) is 5.41 Å². The second-order valence-corrected chi connectivity index (χ2v) is 5.90. The number of phenolic OH excluding ortho intramolecular Hbond substituents is 1. The number of rotatable bonds is 5. The molecule has 0 unspecified atom stereocenters. The van der Waals surface area contributed by atoms with Crippen LogP contribution in [0.3, 0.4) is 0 Å². The summed E-state index contributed by atoms with van der Waals surface area (Å²) in [4.78, 5) is 0. The molecule has 0 aliphatic rings. The van der Waals surface area contributed by atoms with Gasteiger partial charge in [-0.05, 0) is 36.2 Å². The molecule has 0 saturated carbocycles. The molecule has 4 nitrogen and oxygen atoms in total. The Balaban J connectivity index is 1.87. The lowest BCUT2D eigenvalue weighted by molar-refractivity contribution is 0.469. The Bertz CT molecular complexity index is 903. The maximum atomic E-state index is 9.99. The number of hydrogen-bond acceptors (Lipinski definition) is 4. The summed E-state index contributed by atoms with van der Waals surface area (Å²) < 4.78 is 5.39. The molecule has 0 amide bonds. The van der Waals surface area contributed by atoms with Gasteiger partial charge in [-0.3, -0.25) is 5.41 Å². The smallest absolute Gasteiger partial charge is 0.133 e. The SMILES string of the molecule is CC(N)=C(Cc1ccccc1O)C(=N)c1ccc(-c2ccco2)cc1. The van der Waals surface area contributed by atoms with Crippen molar-refractivity contribution in [1.29, 1.82) is 5.41 Å². The molecule has 0 radical (unpaired) electrons. The summed E-state index contributed by atoms with van der Waals surface area (Å²) in [6, 6.07) is 18.5. The predicted octanol–water partition coefficient (Wildman–Crippen LogP) is 4.50. The summed E-state index contributed by atoms with van der Waals surface area (Å²) in [7, 11) is 0. The van der Waals surface area contributed by atoms with E-state index in [1.807, 2.05) is 48.5 Å². The minimum absolute atomic E-state index is 0.210. The number of hydrogen-bond donors (Lipinski definition) is 3. The van der Waals surface area contributed by atoms with Crippen molar-refractivity contribution in [3.63, 3.8) is 0 Å². The molecule has 25 heavy (non-hydrogen) atoms. The molecule has 1 heterocycles. The molecule has 4 heteroatoms. The van der Waals surface area contributed by atoms with Gasteiger partial charge in [-0.2, -0.15) is 0 Å². The average molecular weight is 332 g/mol. The van der Waals surface area contributed by atoms with Gasteiger partial charge >= 0.3 is 0 Å². The normalized spacial score (nSPS) is 11.9. The minimum Gasteiger partial charge on any atom is -0.508 e. The molecule has 3 aromatic rings. The first-order valence-electron chi connectivity index (χ1n) is 8.01. The van der Waals surface area contributed by atoms with E-state index in [0.29, 0.717) is 23.4 Å². The van der Waals surface area contributed by atoms with E-state index in [2.05, 4.69) is 0 Å². The summed E-state index contributed by atoms with van der Waals surface area (Å²) in [5.74, 6) is 1.00. The van der Waals surface area contributed by atoms with Gasteiger partial charge in [0.1, 0.15) is 11.5 Å². The van der Waals surface area contributed by atoms with Crippen LogP contribution in [-0.4, -0.2) is 10.8 Å². The zero-order chi connectivity index (χ0) is 17.8. The van der Waals surface area contributed by atoms with E-state index in [9.17, 15) is 5.11 Å². The molecule has 0 fully saturated rings. The molecule has 0 aliphatic carbocycles.